The number of rotatable bonds is 1. The van der Waals surface area contributed by atoms with E-state index < -0.39 is 0 Å². The van der Waals surface area contributed by atoms with Crippen molar-refractivity contribution < 1.29 is 4.79 Å². The number of nitrogens with zero attached hydrogens (tertiary/aromatic N) is 2. The average Bonchev–Trinajstić information content (AvgIpc) is 2.70. The number of Topliss-reactive ketones (excluding diaryl/α,β-unsaturated/α-hetero) is 1. The van der Waals surface area contributed by atoms with E-state index in [-0.39, 0.29) is 0 Å². The van der Waals surface area contributed by atoms with Crippen molar-refractivity contribution in [2.24, 2.45) is 11.7 Å². The van der Waals surface area contributed by atoms with E-state index in [0.29, 0.717) is 5.78 Å². The van der Waals surface area contributed by atoms with Crippen LogP contribution >= 0.6 is 0 Å². The first-order valence-corrected chi connectivity index (χ1v) is 6.20. The molecule has 1 atom stereocenters. The molecule has 94 valence electrons. The number of carbonyl (C=O) groups is 1. The van der Waals surface area contributed by atoms with Gasteiger partial charge in [0, 0.05) is 32.5 Å². The summed E-state index contributed by atoms with van der Waals surface area (Å²) in [5.41, 5.74) is 5.47. The Morgan fingerprint density at radius 1 is 1.19 bits per heavy atom. The van der Waals surface area contributed by atoms with Crippen LogP contribution in [0.5, 0.6) is 0 Å². The SMILES string of the molecule is CN1CCC(=O)CC1.CN1CCC(CN)C1. The molecule has 0 aromatic rings. The first-order valence-electron chi connectivity index (χ1n) is 6.20. The van der Waals surface area contributed by atoms with Crippen LogP contribution in [0.25, 0.3) is 0 Å². The second kappa shape index (κ2) is 6.99. The van der Waals surface area contributed by atoms with Crippen LogP contribution in [0.3, 0.4) is 0 Å². The predicted molar refractivity (Wildman–Crippen MR) is 66.4 cm³/mol. The van der Waals surface area contributed by atoms with Gasteiger partial charge in [-0.25, -0.2) is 0 Å². The van der Waals surface area contributed by atoms with Gasteiger partial charge in [0.1, 0.15) is 5.78 Å². The molecule has 2 heterocycles. The minimum absolute atomic E-state index is 0.420. The van der Waals surface area contributed by atoms with Crippen LogP contribution in [0.1, 0.15) is 19.3 Å². The Morgan fingerprint density at radius 3 is 2.12 bits per heavy atom. The first-order chi connectivity index (χ1) is 7.61. The van der Waals surface area contributed by atoms with E-state index in [4.69, 9.17) is 5.73 Å². The first kappa shape index (κ1) is 13.6. The highest BCUT2D eigenvalue weighted by Gasteiger charge is 2.16. The van der Waals surface area contributed by atoms with Gasteiger partial charge in [-0.3, -0.25) is 4.79 Å². The summed E-state index contributed by atoms with van der Waals surface area (Å²) >= 11 is 0. The number of ketones is 1. The van der Waals surface area contributed by atoms with Gasteiger partial charge in [0.25, 0.3) is 0 Å². The number of piperidine rings is 1. The summed E-state index contributed by atoms with van der Waals surface area (Å²) in [4.78, 5) is 15.1. The number of hydrogen-bond acceptors (Lipinski definition) is 4. The van der Waals surface area contributed by atoms with Gasteiger partial charge in [-0.2, -0.15) is 0 Å². The molecule has 0 bridgehead atoms. The number of carbonyl (C=O) groups excluding carboxylic acids is 1. The third-order valence-electron chi connectivity index (χ3n) is 3.37. The van der Waals surface area contributed by atoms with Crippen molar-refractivity contribution in [3.05, 3.63) is 0 Å². The topological polar surface area (TPSA) is 49.6 Å². The fraction of sp³-hybridized carbons (Fsp3) is 0.917. The Bertz CT molecular complexity index is 210. The van der Waals surface area contributed by atoms with Crippen molar-refractivity contribution in [2.75, 3.05) is 46.8 Å². The maximum absolute atomic E-state index is 10.6. The lowest BCUT2D eigenvalue weighted by atomic mass is 10.1. The van der Waals surface area contributed by atoms with E-state index in [1.807, 2.05) is 7.05 Å². The van der Waals surface area contributed by atoms with Crippen molar-refractivity contribution in [3.63, 3.8) is 0 Å². The maximum Gasteiger partial charge on any atom is 0.135 e. The summed E-state index contributed by atoms with van der Waals surface area (Å²) < 4.78 is 0. The lowest BCUT2D eigenvalue weighted by Crippen LogP contribution is -2.29. The Kier molecular flexibility index (Phi) is 5.95. The van der Waals surface area contributed by atoms with Crippen LogP contribution in [0, 0.1) is 5.92 Å². The molecule has 2 N–H and O–H groups in total. The third kappa shape index (κ3) is 5.05. The molecule has 2 aliphatic heterocycles. The van der Waals surface area contributed by atoms with Crippen LogP contribution in [0.2, 0.25) is 0 Å². The second-order valence-electron chi connectivity index (χ2n) is 4.99. The molecule has 0 radical (unpaired) electrons. The van der Waals surface area contributed by atoms with Gasteiger partial charge in [0.05, 0.1) is 0 Å². The Balaban J connectivity index is 0.000000160. The molecule has 4 heteroatoms. The van der Waals surface area contributed by atoms with Crippen LogP contribution < -0.4 is 5.73 Å². The third-order valence-corrected chi connectivity index (χ3v) is 3.37. The molecule has 0 spiro atoms. The van der Waals surface area contributed by atoms with Gasteiger partial charge in [-0.1, -0.05) is 0 Å². The molecule has 1 unspecified atom stereocenters. The molecular formula is C12H25N3O. The minimum Gasteiger partial charge on any atom is -0.330 e. The Labute approximate surface area is 98.8 Å². The highest BCUT2D eigenvalue weighted by atomic mass is 16.1. The molecule has 2 fully saturated rings. The zero-order valence-electron chi connectivity index (χ0n) is 10.6. The lowest BCUT2D eigenvalue weighted by molar-refractivity contribution is -0.121. The van der Waals surface area contributed by atoms with Gasteiger partial charge in [0.15, 0.2) is 0 Å². The summed E-state index contributed by atoms with van der Waals surface area (Å²) in [7, 11) is 4.20. The number of hydrogen-bond donors (Lipinski definition) is 1. The fourth-order valence-corrected chi connectivity index (χ4v) is 2.09. The van der Waals surface area contributed by atoms with E-state index in [9.17, 15) is 4.79 Å². The van der Waals surface area contributed by atoms with Crippen molar-refractivity contribution in [1.29, 1.82) is 0 Å². The summed E-state index contributed by atoms with van der Waals surface area (Å²) in [6.45, 7) is 5.22. The van der Waals surface area contributed by atoms with E-state index in [1.54, 1.807) is 0 Å². The monoisotopic (exact) mass is 227 g/mol. The zero-order chi connectivity index (χ0) is 12.0. The van der Waals surface area contributed by atoms with Crippen LogP contribution in [-0.2, 0) is 4.79 Å². The second-order valence-corrected chi connectivity index (χ2v) is 4.99. The largest absolute Gasteiger partial charge is 0.330 e. The molecule has 0 saturated carbocycles. The van der Waals surface area contributed by atoms with Gasteiger partial charge in [-0.05, 0) is 39.5 Å². The molecule has 0 aromatic heterocycles. The van der Waals surface area contributed by atoms with E-state index in [0.717, 1.165) is 38.4 Å². The van der Waals surface area contributed by atoms with E-state index in [1.165, 1.54) is 19.5 Å². The van der Waals surface area contributed by atoms with Crippen molar-refractivity contribution in [2.45, 2.75) is 19.3 Å². The summed E-state index contributed by atoms with van der Waals surface area (Å²) in [5, 5.41) is 0. The summed E-state index contributed by atoms with van der Waals surface area (Å²) in [6.07, 6.45) is 2.82. The molecule has 4 nitrogen and oxygen atoms in total. The van der Waals surface area contributed by atoms with Crippen molar-refractivity contribution in [3.8, 4) is 0 Å². The Morgan fingerprint density at radius 2 is 1.81 bits per heavy atom. The van der Waals surface area contributed by atoms with Crippen molar-refractivity contribution >= 4 is 5.78 Å². The molecule has 16 heavy (non-hydrogen) atoms. The standard InChI is InChI=1S/C6H14N2.C6H11NO/c1-8-3-2-6(4-7)5-8;1-7-4-2-6(8)3-5-7/h6H,2-5,7H2,1H3;2-5H2,1H3. The predicted octanol–water partition coefficient (Wildman–Crippen LogP) is 0.178. The molecule has 2 aliphatic rings. The van der Waals surface area contributed by atoms with Crippen LogP contribution in [0.15, 0.2) is 0 Å². The van der Waals surface area contributed by atoms with Gasteiger partial charge in [0.2, 0.25) is 0 Å². The summed E-state index contributed by atoms with van der Waals surface area (Å²) in [5.74, 6) is 1.20. The zero-order valence-corrected chi connectivity index (χ0v) is 10.6. The van der Waals surface area contributed by atoms with Crippen molar-refractivity contribution in [1.82, 2.24) is 9.80 Å². The van der Waals surface area contributed by atoms with E-state index >= 15 is 0 Å². The summed E-state index contributed by atoms with van der Waals surface area (Å²) in [6, 6.07) is 0. The Hall–Kier alpha value is -0.450. The fourth-order valence-electron chi connectivity index (χ4n) is 2.09. The highest BCUT2D eigenvalue weighted by molar-refractivity contribution is 5.79. The molecular weight excluding hydrogens is 202 g/mol. The molecule has 0 amide bonds. The van der Waals surface area contributed by atoms with Crippen LogP contribution in [0.4, 0.5) is 0 Å². The number of nitrogens with two attached hydrogens (primary N) is 1. The van der Waals surface area contributed by atoms with Gasteiger partial charge in [-0.15, -0.1) is 0 Å². The minimum atomic E-state index is 0.420. The quantitative estimate of drug-likeness (QED) is 0.694. The normalized spacial score (nSPS) is 27.7. The lowest BCUT2D eigenvalue weighted by Gasteiger charge is -2.19. The average molecular weight is 227 g/mol. The smallest absolute Gasteiger partial charge is 0.135 e. The number of likely N-dealkylation sites (tertiary alicyclic amines) is 2. The molecule has 2 saturated heterocycles. The van der Waals surface area contributed by atoms with Gasteiger partial charge < -0.3 is 15.5 Å². The van der Waals surface area contributed by atoms with Gasteiger partial charge >= 0.3 is 0 Å². The molecule has 0 aromatic carbocycles. The highest BCUT2D eigenvalue weighted by Crippen LogP contribution is 2.11. The van der Waals surface area contributed by atoms with E-state index in [2.05, 4.69) is 16.8 Å². The van der Waals surface area contributed by atoms with Crippen LogP contribution in [-0.4, -0.2) is 62.4 Å². The molecule has 0 aliphatic carbocycles. The molecule has 2 rings (SSSR count). The maximum atomic E-state index is 10.6.